The van der Waals surface area contributed by atoms with Gasteiger partial charge in [0.2, 0.25) is 0 Å². The largest absolute Gasteiger partial charge is 0.504 e. The number of aromatic hydroxyl groups is 1. The van der Waals surface area contributed by atoms with E-state index in [0.29, 0.717) is 16.8 Å². The maximum atomic E-state index is 12.8. The summed E-state index contributed by atoms with van der Waals surface area (Å²) >= 11 is 9.76. The Kier molecular flexibility index (Phi) is 6.60. The van der Waals surface area contributed by atoms with Crippen molar-refractivity contribution >= 4 is 66.3 Å². The number of anilines is 1. The van der Waals surface area contributed by atoms with Crippen molar-refractivity contribution in [2.45, 2.75) is 4.90 Å². The molecule has 0 spiro atoms. The number of fused-ring (bicyclic) bond motifs is 1. The number of methoxy groups -OCH3 is 1. The number of nitrogens with zero attached hydrogens (tertiary/aromatic N) is 1. The van der Waals surface area contributed by atoms with Gasteiger partial charge >= 0.3 is 0 Å². The summed E-state index contributed by atoms with van der Waals surface area (Å²) in [5.74, 6) is 0.212. The highest BCUT2D eigenvalue weighted by Crippen LogP contribution is 2.38. The van der Waals surface area contributed by atoms with Crippen LogP contribution in [0.5, 0.6) is 11.5 Å². The maximum Gasteiger partial charge on any atom is 0.262 e. The van der Waals surface area contributed by atoms with Crippen molar-refractivity contribution in [3.8, 4) is 11.5 Å². The Hall–Kier alpha value is -3.07. The molecule has 3 aromatic carbocycles. The van der Waals surface area contributed by atoms with Gasteiger partial charge in [-0.25, -0.2) is 13.4 Å². The zero-order chi connectivity index (χ0) is 23.6. The van der Waals surface area contributed by atoms with E-state index in [0.717, 1.165) is 10.0 Å². The topological polar surface area (TPSA) is 88.5 Å². The Morgan fingerprint density at radius 2 is 1.73 bits per heavy atom. The SMILES string of the molecule is COc1ccc(S(=O)(=O)Nc2cc(Cl)c3ccc(/C=C/c4ccc(Br)cc4)nc3c2O)cc1. The number of aromatic nitrogens is 1. The number of pyridine rings is 1. The highest BCUT2D eigenvalue weighted by molar-refractivity contribution is 9.10. The van der Waals surface area contributed by atoms with Crippen LogP contribution in [0.4, 0.5) is 5.69 Å². The molecule has 0 aliphatic carbocycles. The molecule has 6 nitrogen and oxygen atoms in total. The third-order valence-electron chi connectivity index (χ3n) is 4.86. The van der Waals surface area contributed by atoms with Crippen LogP contribution in [0.2, 0.25) is 5.02 Å². The van der Waals surface area contributed by atoms with E-state index in [9.17, 15) is 13.5 Å². The van der Waals surface area contributed by atoms with Gasteiger partial charge in [-0.15, -0.1) is 0 Å². The highest BCUT2D eigenvalue weighted by atomic mass is 79.9. The lowest BCUT2D eigenvalue weighted by molar-refractivity contribution is 0.414. The molecule has 0 unspecified atom stereocenters. The van der Waals surface area contributed by atoms with Crippen LogP contribution in [0, 0.1) is 0 Å². The molecule has 4 rings (SSSR count). The summed E-state index contributed by atoms with van der Waals surface area (Å²) in [6.07, 6.45) is 3.68. The number of benzene rings is 3. The molecule has 4 aromatic rings. The fourth-order valence-electron chi connectivity index (χ4n) is 3.13. The van der Waals surface area contributed by atoms with E-state index < -0.39 is 10.0 Å². The summed E-state index contributed by atoms with van der Waals surface area (Å²) in [6, 6.07) is 18.5. The van der Waals surface area contributed by atoms with Gasteiger partial charge in [0, 0.05) is 9.86 Å². The number of phenolic OH excluding ortho intramolecular Hbond substituents is 1. The molecule has 168 valence electrons. The van der Waals surface area contributed by atoms with Crippen LogP contribution < -0.4 is 9.46 Å². The average Bonchev–Trinajstić information content (AvgIpc) is 2.82. The van der Waals surface area contributed by atoms with E-state index in [-0.39, 0.29) is 26.9 Å². The minimum atomic E-state index is -3.98. The molecule has 9 heteroatoms. The predicted molar refractivity (Wildman–Crippen MR) is 135 cm³/mol. The third-order valence-corrected chi connectivity index (χ3v) is 7.08. The number of hydrogen-bond acceptors (Lipinski definition) is 5. The summed E-state index contributed by atoms with van der Waals surface area (Å²) in [5.41, 5.74) is 1.67. The number of ether oxygens (including phenoxy) is 1. The Bertz CT molecular complexity index is 1460. The van der Waals surface area contributed by atoms with E-state index in [2.05, 4.69) is 25.6 Å². The van der Waals surface area contributed by atoms with Gasteiger partial charge in [-0.3, -0.25) is 4.72 Å². The van der Waals surface area contributed by atoms with Crippen LogP contribution in [0.25, 0.3) is 23.1 Å². The maximum absolute atomic E-state index is 12.8. The van der Waals surface area contributed by atoms with Crippen LogP contribution >= 0.6 is 27.5 Å². The number of sulfonamides is 1. The van der Waals surface area contributed by atoms with Gasteiger partial charge in [-0.2, -0.15) is 0 Å². The van der Waals surface area contributed by atoms with Crippen molar-refractivity contribution < 1.29 is 18.3 Å². The van der Waals surface area contributed by atoms with Crippen molar-refractivity contribution in [2.75, 3.05) is 11.8 Å². The molecule has 0 aliphatic rings. The summed E-state index contributed by atoms with van der Waals surface area (Å²) in [7, 11) is -2.48. The molecule has 1 aromatic heterocycles. The first-order valence-electron chi connectivity index (χ1n) is 9.69. The second-order valence-corrected chi connectivity index (χ2v) is 10.1. The van der Waals surface area contributed by atoms with Crippen LogP contribution in [0.3, 0.4) is 0 Å². The smallest absolute Gasteiger partial charge is 0.262 e. The molecule has 1 heterocycles. The van der Waals surface area contributed by atoms with Gasteiger partial charge in [0.1, 0.15) is 11.3 Å². The predicted octanol–water partition coefficient (Wildman–Crippen LogP) is 6.34. The number of phenols is 1. The first-order chi connectivity index (χ1) is 15.8. The Morgan fingerprint density at radius 3 is 2.39 bits per heavy atom. The summed E-state index contributed by atoms with van der Waals surface area (Å²) in [6.45, 7) is 0. The molecular weight excluding hydrogens is 528 g/mol. The quantitative estimate of drug-likeness (QED) is 0.276. The lowest BCUT2D eigenvalue weighted by Crippen LogP contribution is -2.13. The molecule has 2 N–H and O–H groups in total. The van der Waals surface area contributed by atoms with Gasteiger partial charge in [-0.05, 0) is 66.2 Å². The summed E-state index contributed by atoms with van der Waals surface area (Å²) in [4.78, 5) is 4.48. The van der Waals surface area contributed by atoms with Gasteiger partial charge in [0.15, 0.2) is 5.75 Å². The fraction of sp³-hybridized carbons (Fsp3) is 0.0417. The monoisotopic (exact) mass is 544 g/mol. The van der Waals surface area contributed by atoms with Crippen molar-refractivity contribution in [1.82, 2.24) is 4.98 Å². The van der Waals surface area contributed by atoms with E-state index in [1.807, 2.05) is 30.3 Å². The van der Waals surface area contributed by atoms with E-state index in [1.165, 1.54) is 37.4 Å². The Morgan fingerprint density at radius 1 is 1.03 bits per heavy atom. The van der Waals surface area contributed by atoms with Crippen LogP contribution in [0.1, 0.15) is 11.3 Å². The number of hydrogen-bond donors (Lipinski definition) is 2. The van der Waals surface area contributed by atoms with Gasteiger partial charge in [0.25, 0.3) is 10.0 Å². The Labute approximate surface area is 204 Å². The molecule has 0 amide bonds. The van der Waals surface area contributed by atoms with E-state index in [1.54, 1.807) is 18.2 Å². The Balaban J connectivity index is 1.69. The molecule has 0 fully saturated rings. The molecule has 0 bridgehead atoms. The minimum absolute atomic E-state index is 0.0121. The minimum Gasteiger partial charge on any atom is -0.504 e. The van der Waals surface area contributed by atoms with Crippen molar-refractivity contribution in [1.29, 1.82) is 0 Å². The van der Waals surface area contributed by atoms with Crippen molar-refractivity contribution in [3.63, 3.8) is 0 Å². The highest BCUT2D eigenvalue weighted by Gasteiger charge is 2.19. The van der Waals surface area contributed by atoms with E-state index in [4.69, 9.17) is 16.3 Å². The number of halogens is 2. The van der Waals surface area contributed by atoms with Gasteiger partial charge < -0.3 is 9.84 Å². The molecule has 0 saturated heterocycles. The summed E-state index contributed by atoms with van der Waals surface area (Å²) in [5, 5.41) is 11.6. The second-order valence-electron chi connectivity index (χ2n) is 7.05. The van der Waals surface area contributed by atoms with Crippen LogP contribution in [-0.4, -0.2) is 25.6 Å². The van der Waals surface area contributed by atoms with Gasteiger partial charge in [-0.1, -0.05) is 45.7 Å². The standard InChI is InChI=1S/C24H18BrClN2O4S/c1-32-18-9-11-19(12-10-18)33(30,31)28-22-14-21(26)20-13-8-17(27-23(20)24(22)29)7-4-15-2-5-16(25)6-3-15/h2-14,28-29H,1H3/b7-4+. The first kappa shape index (κ1) is 23.1. The van der Waals surface area contributed by atoms with Crippen LogP contribution in [0.15, 0.2) is 76.1 Å². The summed E-state index contributed by atoms with van der Waals surface area (Å²) < 4.78 is 34.0. The molecule has 0 aliphatic heterocycles. The van der Waals surface area contributed by atoms with E-state index >= 15 is 0 Å². The molecule has 0 atom stereocenters. The average molecular weight is 546 g/mol. The first-order valence-corrected chi connectivity index (χ1v) is 12.3. The zero-order valence-electron chi connectivity index (χ0n) is 17.3. The molecular formula is C24H18BrClN2O4S. The molecule has 0 radical (unpaired) electrons. The van der Waals surface area contributed by atoms with Gasteiger partial charge in [0.05, 0.1) is 28.4 Å². The number of rotatable bonds is 6. The van der Waals surface area contributed by atoms with Crippen molar-refractivity contribution in [2.24, 2.45) is 0 Å². The lowest BCUT2D eigenvalue weighted by Gasteiger charge is -2.13. The lowest BCUT2D eigenvalue weighted by atomic mass is 10.1. The molecule has 33 heavy (non-hydrogen) atoms. The second kappa shape index (κ2) is 9.43. The third kappa shape index (κ3) is 5.13. The van der Waals surface area contributed by atoms with Crippen molar-refractivity contribution in [3.05, 3.63) is 87.5 Å². The molecule has 0 saturated carbocycles. The number of nitrogens with one attached hydrogen (secondary N) is 1. The van der Waals surface area contributed by atoms with Crippen LogP contribution in [-0.2, 0) is 10.0 Å². The normalized spacial score (nSPS) is 11.7. The zero-order valence-corrected chi connectivity index (χ0v) is 20.4. The fourth-order valence-corrected chi connectivity index (χ4v) is 4.72.